The second-order valence-corrected chi connectivity index (χ2v) is 7.56. The van der Waals surface area contributed by atoms with Gasteiger partial charge >= 0.3 is 0 Å². The van der Waals surface area contributed by atoms with Crippen LogP contribution in [-0.2, 0) is 0 Å². The maximum atomic E-state index is 3.83. The molecule has 15 heavy (non-hydrogen) atoms. The molecule has 0 aromatic rings. The molecule has 0 radical (unpaired) electrons. The molecule has 88 valence electrons. The average Bonchev–Trinajstić information content (AvgIpc) is 2.13. The molecule has 0 aromatic carbocycles. The molecule has 1 aliphatic heterocycles. The Kier molecular flexibility index (Phi) is 3.37. The summed E-state index contributed by atoms with van der Waals surface area (Å²) in [4.78, 5) is 0. The zero-order chi connectivity index (χ0) is 10.9. The molecule has 1 saturated carbocycles. The van der Waals surface area contributed by atoms with Gasteiger partial charge in [-0.1, -0.05) is 27.2 Å². The third-order valence-corrected chi connectivity index (χ3v) is 5.52. The zero-order valence-electron chi connectivity index (χ0n) is 10.4. The minimum Gasteiger partial charge on any atom is -0.312 e. The predicted octanol–water partition coefficient (Wildman–Crippen LogP) is 3.30. The minimum atomic E-state index is 0.505. The summed E-state index contributed by atoms with van der Waals surface area (Å²) in [6.07, 6.45) is 5.67. The third-order valence-electron chi connectivity index (χ3n) is 4.45. The number of thioether (sulfide) groups is 1. The lowest BCUT2D eigenvalue weighted by Gasteiger charge is -2.44. The van der Waals surface area contributed by atoms with Gasteiger partial charge in [-0.2, -0.15) is 11.8 Å². The molecule has 2 heteroatoms. The average molecular weight is 227 g/mol. The standard InChI is InChI=1S/C13H25NS/c1-12(2)7-8-15-9-11(12)14-10-13(3)5-4-6-13/h11,14H,4-10H2,1-3H3. The van der Waals surface area contributed by atoms with E-state index >= 15 is 0 Å². The lowest BCUT2D eigenvalue weighted by Crippen LogP contribution is -2.50. The minimum absolute atomic E-state index is 0.505. The number of rotatable bonds is 3. The van der Waals surface area contributed by atoms with Crippen molar-refractivity contribution in [3.8, 4) is 0 Å². The monoisotopic (exact) mass is 227 g/mol. The molecule has 1 saturated heterocycles. The molecule has 1 heterocycles. The highest BCUT2D eigenvalue weighted by atomic mass is 32.2. The fraction of sp³-hybridized carbons (Fsp3) is 1.00. The Labute approximate surface area is 98.8 Å². The molecule has 2 fully saturated rings. The van der Waals surface area contributed by atoms with E-state index in [-0.39, 0.29) is 0 Å². The molecular weight excluding hydrogens is 202 g/mol. The van der Waals surface area contributed by atoms with Gasteiger partial charge in [-0.05, 0) is 35.8 Å². The van der Waals surface area contributed by atoms with E-state index in [1.165, 1.54) is 43.7 Å². The van der Waals surface area contributed by atoms with Crippen LogP contribution in [0.4, 0.5) is 0 Å². The summed E-state index contributed by atoms with van der Waals surface area (Å²) in [5.74, 6) is 2.66. The van der Waals surface area contributed by atoms with Gasteiger partial charge in [-0.3, -0.25) is 0 Å². The van der Waals surface area contributed by atoms with Crippen molar-refractivity contribution in [1.82, 2.24) is 5.32 Å². The zero-order valence-corrected chi connectivity index (χ0v) is 11.3. The largest absolute Gasteiger partial charge is 0.312 e. The van der Waals surface area contributed by atoms with E-state index in [2.05, 4.69) is 37.8 Å². The SMILES string of the molecule is CC1(CNC2CSCCC2(C)C)CCC1. The van der Waals surface area contributed by atoms with Crippen LogP contribution in [0.5, 0.6) is 0 Å². The summed E-state index contributed by atoms with van der Waals surface area (Å²) in [5.41, 5.74) is 1.13. The molecule has 0 aromatic heterocycles. The highest BCUT2D eigenvalue weighted by molar-refractivity contribution is 7.99. The Bertz CT molecular complexity index is 221. The van der Waals surface area contributed by atoms with Crippen LogP contribution in [0.25, 0.3) is 0 Å². The molecular formula is C13H25NS. The first-order valence-corrected chi connectivity index (χ1v) is 7.49. The van der Waals surface area contributed by atoms with Gasteiger partial charge in [-0.15, -0.1) is 0 Å². The first-order valence-electron chi connectivity index (χ1n) is 6.33. The van der Waals surface area contributed by atoms with Crippen LogP contribution in [0.1, 0.15) is 46.5 Å². The summed E-state index contributed by atoms with van der Waals surface area (Å²) in [5, 5.41) is 3.83. The van der Waals surface area contributed by atoms with Crippen LogP contribution in [0.15, 0.2) is 0 Å². The Hall–Kier alpha value is 0.310. The molecule has 1 N–H and O–H groups in total. The highest BCUT2D eigenvalue weighted by Gasteiger charge is 2.36. The van der Waals surface area contributed by atoms with Crippen LogP contribution < -0.4 is 5.32 Å². The van der Waals surface area contributed by atoms with Gasteiger partial charge in [0.25, 0.3) is 0 Å². The fourth-order valence-electron chi connectivity index (χ4n) is 2.60. The van der Waals surface area contributed by atoms with Gasteiger partial charge in [0, 0.05) is 18.3 Å². The van der Waals surface area contributed by atoms with Gasteiger partial charge in [0.05, 0.1) is 0 Å². The predicted molar refractivity (Wildman–Crippen MR) is 69.5 cm³/mol. The van der Waals surface area contributed by atoms with Gasteiger partial charge in [0.1, 0.15) is 0 Å². The van der Waals surface area contributed by atoms with E-state index in [1.54, 1.807) is 0 Å². The quantitative estimate of drug-likeness (QED) is 0.794. The second kappa shape index (κ2) is 4.29. The molecule has 1 unspecified atom stereocenters. The smallest absolute Gasteiger partial charge is 0.0209 e. The maximum absolute atomic E-state index is 3.83. The van der Waals surface area contributed by atoms with Gasteiger partial charge in [0.2, 0.25) is 0 Å². The van der Waals surface area contributed by atoms with E-state index in [0.717, 1.165) is 6.04 Å². The molecule has 2 rings (SSSR count). The van der Waals surface area contributed by atoms with Gasteiger partial charge < -0.3 is 5.32 Å². The summed E-state index contributed by atoms with van der Waals surface area (Å²) < 4.78 is 0. The molecule has 1 aliphatic carbocycles. The topological polar surface area (TPSA) is 12.0 Å². The second-order valence-electron chi connectivity index (χ2n) is 6.41. The van der Waals surface area contributed by atoms with Crippen molar-refractivity contribution in [2.45, 2.75) is 52.5 Å². The van der Waals surface area contributed by atoms with Crippen LogP contribution >= 0.6 is 11.8 Å². The van der Waals surface area contributed by atoms with Crippen LogP contribution in [-0.4, -0.2) is 24.1 Å². The summed E-state index contributed by atoms with van der Waals surface area (Å²) >= 11 is 2.12. The van der Waals surface area contributed by atoms with Gasteiger partial charge in [-0.25, -0.2) is 0 Å². The van der Waals surface area contributed by atoms with Crippen molar-refractivity contribution in [2.75, 3.05) is 18.1 Å². The maximum Gasteiger partial charge on any atom is 0.0209 e. The van der Waals surface area contributed by atoms with E-state index in [1.807, 2.05) is 0 Å². The van der Waals surface area contributed by atoms with Crippen molar-refractivity contribution in [3.63, 3.8) is 0 Å². The van der Waals surface area contributed by atoms with Crippen LogP contribution in [0.3, 0.4) is 0 Å². The molecule has 0 amide bonds. The Morgan fingerprint density at radius 2 is 1.93 bits per heavy atom. The molecule has 1 atom stereocenters. The van der Waals surface area contributed by atoms with Crippen molar-refractivity contribution in [2.24, 2.45) is 10.8 Å². The molecule has 0 bridgehead atoms. The Morgan fingerprint density at radius 3 is 2.47 bits per heavy atom. The number of nitrogens with one attached hydrogen (secondary N) is 1. The Morgan fingerprint density at radius 1 is 1.20 bits per heavy atom. The fourth-order valence-corrected chi connectivity index (χ4v) is 4.24. The summed E-state index contributed by atoms with van der Waals surface area (Å²) in [7, 11) is 0. The Balaban J connectivity index is 1.82. The van der Waals surface area contributed by atoms with Crippen molar-refractivity contribution in [3.05, 3.63) is 0 Å². The van der Waals surface area contributed by atoms with Crippen LogP contribution in [0.2, 0.25) is 0 Å². The van der Waals surface area contributed by atoms with E-state index in [9.17, 15) is 0 Å². The van der Waals surface area contributed by atoms with Crippen molar-refractivity contribution >= 4 is 11.8 Å². The number of hydrogen-bond acceptors (Lipinski definition) is 2. The third kappa shape index (κ3) is 2.71. The van der Waals surface area contributed by atoms with E-state index in [4.69, 9.17) is 0 Å². The lowest BCUT2D eigenvalue weighted by atomic mass is 9.70. The molecule has 2 aliphatic rings. The highest BCUT2D eigenvalue weighted by Crippen LogP contribution is 2.41. The first-order chi connectivity index (χ1) is 7.02. The molecule has 0 spiro atoms. The lowest BCUT2D eigenvalue weighted by molar-refractivity contribution is 0.133. The summed E-state index contributed by atoms with van der Waals surface area (Å²) in [6.45, 7) is 8.52. The first kappa shape index (κ1) is 11.8. The van der Waals surface area contributed by atoms with E-state index in [0.29, 0.717) is 10.8 Å². The molecule has 1 nitrogen and oxygen atoms in total. The normalized spacial score (nSPS) is 33.4. The van der Waals surface area contributed by atoms with E-state index < -0.39 is 0 Å². The summed E-state index contributed by atoms with van der Waals surface area (Å²) in [6, 6.07) is 0.730. The van der Waals surface area contributed by atoms with Crippen molar-refractivity contribution < 1.29 is 0 Å². The van der Waals surface area contributed by atoms with Crippen LogP contribution in [0, 0.1) is 10.8 Å². The van der Waals surface area contributed by atoms with Crippen molar-refractivity contribution in [1.29, 1.82) is 0 Å². The van der Waals surface area contributed by atoms with Gasteiger partial charge in [0.15, 0.2) is 0 Å². The number of hydrogen-bond donors (Lipinski definition) is 1.